The second-order valence-corrected chi connectivity index (χ2v) is 4.96. The molecule has 4 heteroatoms. The number of carbonyl (C=O) groups excluding carboxylic acids is 1. The maximum atomic E-state index is 11.8. The summed E-state index contributed by atoms with van der Waals surface area (Å²) in [7, 11) is 1.85. The van der Waals surface area contributed by atoms with Gasteiger partial charge in [-0.05, 0) is 32.7 Å². The van der Waals surface area contributed by atoms with Crippen LogP contribution >= 0.6 is 0 Å². The van der Waals surface area contributed by atoms with Crippen LogP contribution < -0.4 is 5.32 Å². The Balaban J connectivity index is 1.88. The molecule has 0 radical (unpaired) electrons. The lowest BCUT2D eigenvalue weighted by Gasteiger charge is -2.33. The molecule has 2 aliphatic heterocycles. The van der Waals surface area contributed by atoms with Crippen LogP contribution in [0, 0.1) is 0 Å². The number of fused-ring (bicyclic) bond motifs is 1. The van der Waals surface area contributed by atoms with Gasteiger partial charge in [-0.15, -0.1) is 0 Å². The molecule has 92 valence electrons. The largest absolute Gasteiger partial charge is 0.334 e. The van der Waals surface area contributed by atoms with Gasteiger partial charge in [0.25, 0.3) is 0 Å². The number of hydrogen-bond donors (Lipinski definition) is 1. The van der Waals surface area contributed by atoms with E-state index in [0.29, 0.717) is 12.1 Å². The summed E-state index contributed by atoms with van der Waals surface area (Å²) < 4.78 is 0. The third kappa shape index (κ3) is 2.32. The number of urea groups is 1. The molecular formula is C12H23N3O. The molecule has 0 aromatic heterocycles. The molecular weight excluding hydrogens is 202 g/mol. The Bertz CT molecular complexity index is 257. The molecule has 0 bridgehead atoms. The smallest absolute Gasteiger partial charge is 0.317 e. The van der Waals surface area contributed by atoms with Crippen molar-refractivity contribution in [2.75, 3.05) is 26.7 Å². The number of hydrogen-bond acceptors (Lipinski definition) is 2. The first kappa shape index (κ1) is 11.7. The maximum Gasteiger partial charge on any atom is 0.317 e. The first-order valence-corrected chi connectivity index (χ1v) is 6.48. The summed E-state index contributed by atoms with van der Waals surface area (Å²) >= 11 is 0. The number of piperidine rings is 1. The molecule has 16 heavy (non-hydrogen) atoms. The first-order chi connectivity index (χ1) is 7.72. The van der Waals surface area contributed by atoms with E-state index in [0.717, 1.165) is 19.5 Å². The average molecular weight is 225 g/mol. The zero-order valence-electron chi connectivity index (χ0n) is 10.4. The van der Waals surface area contributed by atoms with Gasteiger partial charge in [-0.25, -0.2) is 4.79 Å². The fourth-order valence-electron chi connectivity index (χ4n) is 2.83. The van der Waals surface area contributed by atoms with E-state index in [1.54, 1.807) is 4.90 Å². The third-order valence-corrected chi connectivity index (χ3v) is 3.99. The van der Waals surface area contributed by atoms with E-state index in [-0.39, 0.29) is 6.03 Å². The van der Waals surface area contributed by atoms with Crippen LogP contribution in [-0.4, -0.2) is 54.6 Å². The molecule has 2 amide bonds. The van der Waals surface area contributed by atoms with Crippen molar-refractivity contribution in [3.63, 3.8) is 0 Å². The number of rotatable bonds is 2. The molecule has 2 rings (SSSR count). The van der Waals surface area contributed by atoms with Crippen LogP contribution in [0.4, 0.5) is 4.79 Å². The van der Waals surface area contributed by atoms with Crippen molar-refractivity contribution in [2.45, 2.75) is 44.7 Å². The second-order valence-electron chi connectivity index (χ2n) is 4.96. The van der Waals surface area contributed by atoms with Gasteiger partial charge in [-0.2, -0.15) is 0 Å². The van der Waals surface area contributed by atoms with Crippen molar-refractivity contribution in [1.29, 1.82) is 0 Å². The van der Waals surface area contributed by atoms with Gasteiger partial charge >= 0.3 is 6.03 Å². The highest BCUT2D eigenvalue weighted by molar-refractivity contribution is 5.74. The molecule has 2 aliphatic rings. The highest BCUT2D eigenvalue weighted by atomic mass is 16.2. The van der Waals surface area contributed by atoms with Gasteiger partial charge < -0.3 is 10.2 Å². The fraction of sp³-hybridized carbons (Fsp3) is 0.917. The molecule has 0 spiro atoms. The molecule has 0 aromatic carbocycles. The minimum atomic E-state index is 0.0833. The predicted octanol–water partition coefficient (Wildman–Crippen LogP) is 1.27. The van der Waals surface area contributed by atoms with Gasteiger partial charge in [-0.3, -0.25) is 4.90 Å². The van der Waals surface area contributed by atoms with Crippen LogP contribution in [0.5, 0.6) is 0 Å². The molecule has 2 atom stereocenters. The van der Waals surface area contributed by atoms with Crippen LogP contribution in [-0.2, 0) is 0 Å². The topological polar surface area (TPSA) is 35.6 Å². The Morgan fingerprint density at radius 3 is 2.94 bits per heavy atom. The molecule has 2 fully saturated rings. The van der Waals surface area contributed by atoms with E-state index in [9.17, 15) is 4.79 Å². The summed E-state index contributed by atoms with van der Waals surface area (Å²) in [5, 5.41) is 3.17. The van der Waals surface area contributed by atoms with Crippen molar-refractivity contribution >= 4 is 6.03 Å². The van der Waals surface area contributed by atoms with Crippen molar-refractivity contribution in [2.24, 2.45) is 0 Å². The normalized spacial score (nSPS) is 29.9. The summed E-state index contributed by atoms with van der Waals surface area (Å²) in [4.78, 5) is 16.1. The van der Waals surface area contributed by atoms with Gasteiger partial charge in [0, 0.05) is 32.2 Å². The van der Waals surface area contributed by atoms with E-state index < -0.39 is 0 Å². The SMILES string of the molecule is CCN(C)C(=O)NC1CCN2CCCCC12. The monoisotopic (exact) mass is 225 g/mol. The van der Waals surface area contributed by atoms with Crippen molar-refractivity contribution < 1.29 is 4.79 Å². The Kier molecular flexibility index (Phi) is 3.69. The molecule has 2 heterocycles. The van der Waals surface area contributed by atoms with Crippen LogP contribution in [0.1, 0.15) is 32.6 Å². The van der Waals surface area contributed by atoms with Gasteiger partial charge in [0.1, 0.15) is 0 Å². The minimum Gasteiger partial charge on any atom is -0.334 e. The predicted molar refractivity (Wildman–Crippen MR) is 64.5 cm³/mol. The van der Waals surface area contributed by atoms with E-state index in [1.165, 1.54) is 25.8 Å². The number of amides is 2. The van der Waals surface area contributed by atoms with Crippen molar-refractivity contribution in [1.82, 2.24) is 15.1 Å². The highest BCUT2D eigenvalue weighted by Gasteiger charge is 2.36. The zero-order chi connectivity index (χ0) is 11.5. The van der Waals surface area contributed by atoms with E-state index in [4.69, 9.17) is 0 Å². The Labute approximate surface area is 98.0 Å². The average Bonchev–Trinajstić information content (AvgIpc) is 2.72. The van der Waals surface area contributed by atoms with Crippen LogP contribution in [0.15, 0.2) is 0 Å². The lowest BCUT2D eigenvalue weighted by Crippen LogP contribution is -2.49. The standard InChI is InChI=1S/C12H23N3O/c1-3-14(2)12(16)13-10-7-9-15-8-5-4-6-11(10)15/h10-11H,3-9H2,1-2H3,(H,13,16). The van der Waals surface area contributed by atoms with Crippen LogP contribution in [0.2, 0.25) is 0 Å². The summed E-state index contributed by atoms with van der Waals surface area (Å²) in [6.07, 6.45) is 5.01. The highest BCUT2D eigenvalue weighted by Crippen LogP contribution is 2.27. The van der Waals surface area contributed by atoms with Gasteiger partial charge in [0.15, 0.2) is 0 Å². The fourth-order valence-corrected chi connectivity index (χ4v) is 2.83. The summed E-state index contributed by atoms with van der Waals surface area (Å²) in [6, 6.07) is 1.06. The number of nitrogens with zero attached hydrogens (tertiary/aromatic N) is 2. The first-order valence-electron chi connectivity index (χ1n) is 6.48. The van der Waals surface area contributed by atoms with Gasteiger partial charge in [-0.1, -0.05) is 6.42 Å². The maximum absolute atomic E-state index is 11.8. The lowest BCUT2D eigenvalue weighted by atomic mass is 9.99. The Morgan fingerprint density at radius 2 is 2.19 bits per heavy atom. The van der Waals surface area contributed by atoms with E-state index >= 15 is 0 Å². The third-order valence-electron chi connectivity index (χ3n) is 3.99. The molecule has 4 nitrogen and oxygen atoms in total. The number of carbonyl (C=O) groups is 1. The summed E-state index contributed by atoms with van der Waals surface area (Å²) in [5.41, 5.74) is 0. The molecule has 0 aromatic rings. The quantitative estimate of drug-likeness (QED) is 0.768. The van der Waals surface area contributed by atoms with E-state index in [2.05, 4.69) is 10.2 Å². The Morgan fingerprint density at radius 1 is 1.38 bits per heavy atom. The molecule has 1 N–H and O–H groups in total. The van der Waals surface area contributed by atoms with Gasteiger partial charge in [0.2, 0.25) is 0 Å². The lowest BCUT2D eigenvalue weighted by molar-refractivity contribution is 0.172. The molecule has 0 saturated carbocycles. The molecule has 2 unspecified atom stereocenters. The Hall–Kier alpha value is -0.770. The van der Waals surface area contributed by atoms with Crippen LogP contribution in [0.25, 0.3) is 0 Å². The van der Waals surface area contributed by atoms with Crippen molar-refractivity contribution in [3.05, 3.63) is 0 Å². The van der Waals surface area contributed by atoms with E-state index in [1.807, 2.05) is 14.0 Å². The summed E-state index contributed by atoms with van der Waals surface area (Å²) in [5.74, 6) is 0. The van der Waals surface area contributed by atoms with Crippen LogP contribution in [0.3, 0.4) is 0 Å². The second kappa shape index (κ2) is 5.04. The van der Waals surface area contributed by atoms with Crippen molar-refractivity contribution in [3.8, 4) is 0 Å². The molecule has 0 aliphatic carbocycles. The minimum absolute atomic E-state index is 0.0833. The zero-order valence-corrected chi connectivity index (χ0v) is 10.4. The van der Waals surface area contributed by atoms with Gasteiger partial charge in [0.05, 0.1) is 0 Å². The molecule has 2 saturated heterocycles. The number of nitrogens with one attached hydrogen (secondary N) is 1. The summed E-state index contributed by atoms with van der Waals surface area (Å²) in [6.45, 7) is 5.15.